The summed E-state index contributed by atoms with van der Waals surface area (Å²) in [6.45, 7) is 0. The van der Waals surface area contributed by atoms with Crippen LogP contribution >= 0.6 is 0 Å². The molecule has 0 aromatic carbocycles. The first-order valence-electron chi connectivity index (χ1n) is 5.65. The van der Waals surface area contributed by atoms with Crippen molar-refractivity contribution in [2.75, 3.05) is 18.2 Å². The van der Waals surface area contributed by atoms with Crippen molar-refractivity contribution in [3.8, 4) is 0 Å². The van der Waals surface area contributed by atoms with Gasteiger partial charge in [0.2, 0.25) is 0 Å². The second kappa shape index (κ2) is 3.89. The number of anilines is 2. The lowest BCUT2D eigenvalue weighted by Gasteiger charge is -2.34. The number of hydrogen-bond donors (Lipinski definition) is 2. The summed E-state index contributed by atoms with van der Waals surface area (Å²) in [4.78, 5) is 8.55. The number of nitrogen functional groups attached to an aromatic ring is 1. The highest BCUT2D eigenvalue weighted by molar-refractivity contribution is 5.65. The molecule has 1 fully saturated rings. The van der Waals surface area contributed by atoms with E-state index in [0.717, 1.165) is 24.3 Å². The molecule has 0 atom stereocenters. The number of fused-ring (bicyclic) bond motifs is 1. The van der Waals surface area contributed by atoms with E-state index in [1.807, 2.05) is 10.6 Å². The molecule has 90 valence electrons. The summed E-state index contributed by atoms with van der Waals surface area (Å²) in [5.74, 6) is 1.23. The number of ether oxygens (including phenoxy) is 1. The van der Waals surface area contributed by atoms with E-state index < -0.39 is 0 Å². The number of nitrogens with two attached hydrogens (primary N) is 1. The van der Waals surface area contributed by atoms with Crippen molar-refractivity contribution in [1.82, 2.24) is 14.4 Å². The molecule has 0 saturated heterocycles. The van der Waals surface area contributed by atoms with Gasteiger partial charge in [-0.2, -0.15) is 0 Å². The Kier molecular flexibility index (Phi) is 2.36. The third-order valence-corrected chi connectivity index (χ3v) is 3.16. The first-order chi connectivity index (χ1) is 8.26. The van der Waals surface area contributed by atoms with Crippen LogP contribution in [-0.4, -0.2) is 33.6 Å². The highest BCUT2D eigenvalue weighted by Crippen LogP contribution is 2.27. The molecule has 3 N–H and O–H groups in total. The minimum atomic E-state index is 0.365. The zero-order valence-electron chi connectivity index (χ0n) is 9.63. The maximum atomic E-state index is 5.75. The van der Waals surface area contributed by atoms with Crippen LogP contribution in [0.15, 0.2) is 18.6 Å². The van der Waals surface area contributed by atoms with Gasteiger partial charge in [0, 0.05) is 25.5 Å². The fourth-order valence-electron chi connectivity index (χ4n) is 2.12. The van der Waals surface area contributed by atoms with E-state index in [9.17, 15) is 0 Å². The predicted molar refractivity (Wildman–Crippen MR) is 64.8 cm³/mol. The third kappa shape index (κ3) is 1.80. The van der Waals surface area contributed by atoms with Crippen LogP contribution < -0.4 is 11.1 Å². The van der Waals surface area contributed by atoms with E-state index in [1.54, 1.807) is 19.5 Å². The first kappa shape index (κ1) is 10.3. The van der Waals surface area contributed by atoms with Crippen molar-refractivity contribution in [3.05, 3.63) is 18.6 Å². The van der Waals surface area contributed by atoms with Gasteiger partial charge in [0.15, 0.2) is 11.5 Å². The summed E-state index contributed by atoms with van der Waals surface area (Å²) in [6.07, 6.45) is 7.72. The molecule has 0 aliphatic heterocycles. The number of nitrogens with one attached hydrogen (secondary N) is 1. The summed E-state index contributed by atoms with van der Waals surface area (Å²) < 4.78 is 7.12. The van der Waals surface area contributed by atoms with Crippen LogP contribution in [0, 0.1) is 0 Å². The van der Waals surface area contributed by atoms with Crippen molar-refractivity contribution in [2.45, 2.75) is 25.0 Å². The van der Waals surface area contributed by atoms with Crippen molar-refractivity contribution < 1.29 is 4.74 Å². The smallest absolute Gasteiger partial charge is 0.180 e. The van der Waals surface area contributed by atoms with Crippen molar-refractivity contribution in [3.63, 3.8) is 0 Å². The third-order valence-electron chi connectivity index (χ3n) is 3.16. The number of rotatable bonds is 3. The Hall–Kier alpha value is -1.82. The van der Waals surface area contributed by atoms with Crippen molar-refractivity contribution in [1.29, 1.82) is 0 Å². The van der Waals surface area contributed by atoms with Gasteiger partial charge < -0.3 is 20.2 Å². The Morgan fingerprint density at radius 2 is 2.35 bits per heavy atom. The molecule has 0 radical (unpaired) electrons. The molecule has 2 aromatic heterocycles. The first-order valence-corrected chi connectivity index (χ1v) is 5.65. The Morgan fingerprint density at radius 1 is 1.53 bits per heavy atom. The lowest BCUT2D eigenvalue weighted by Crippen LogP contribution is -2.40. The number of aromatic nitrogens is 3. The molecule has 0 unspecified atom stereocenters. The Bertz CT molecular complexity index is 532. The molecule has 1 aliphatic rings. The molecule has 1 aliphatic carbocycles. The fraction of sp³-hybridized carbons (Fsp3) is 0.455. The van der Waals surface area contributed by atoms with E-state index in [1.165, 1.54) is 0 Å². The molecule has 2 heterocycles. The molecule has 1 saturated carbocycles. The van der Waals surface area contributed by atoms with Crippen LogP contribution in [0.2, 0.25) is 0 Å². The van der Waals surface area contributed by atoms with Gasteiger partial charge in [-0.05, 0) is 12.8 Å². The highest BCUT2D eigenvalue weighted by Gasteiger charge is 2.29. The molecule has 6 nitrogen and oxygen atoms in total. The lowest BCUT2D eigenvalue weighted by molar-refractivity contribution is 0.0328. The SMILES string of the molecule is COC1CC(Nc2nc(N)cn3ccnc23)C1. The van der Waals surface area contributed by atoms with Gasteiger partial charge >= 0.3 is 0 Å². The molecular weight excluding hydrogens is 218 g/mol. The Labute approximate surface area is 98.8 Å². The van der Waals surface area contributed by atoms with Crippen LogP contribution in [0.3, 0.4) is 0 Å². The zero-order chi connectivity index (χ0) is 11.8. The molecule has 0 amide bonds. The molecule has 0 spiro atoms. The molecule has 0 bridgehead atoms. The number of imidazole rings is 1. The fourth-order valence-corrected chi connectivity index (χ4v) is 2.12. The number of methoxy groups -OCH3 is 1. The number of hydrogen-bond acceptors (Lipinski definition) is 5. The summed E-state index contributed by atoms with van der Waals surface area (Å²) in [5.41, 5.74) is 6.55. The van der Waals surface area contributed by atoms with Crippen LogP contribution in [0.5, 0.6) is 0 Å². The minimum absolute atomic E-state index is 0.365. The van der Waals surface area contributed by atoms with Crippen LogP contribution in [0.4, 0.5) is 11.6 Å². The summed E-state index contributed by atoms with van der Waals surface area (Å²) in [5, 5.41) is 3.36. The second-order valence-electron chi connectivity index (χ2n) is 4.34. The average Bonchev–Trinajstić information content (AvgIpc) is 2.70. The molecule has 17 heavy (non-hydrogen) atoms. The van der Waals surface area contributed by atoms with Gasteiger partial charge in [0.1, 0.15) is 5.82 Å². The quantitative estimate of drug-likeness (QED) is 0.823. The van der Waals surface area contributed by atoms with E-state index in [0.29, 0.717) is 18.0 Å². The molecule has 6 heteroatoms. The Balaban J connectivity index is 1.83. The normalized spacial score (nSPS) is 23.6. The zero-order valence-corrected chi connectivity index (χ0v) is 9.63. The van der Waals surface area contributed by atoms with E-state index in [2.05, 4.69) is 15.3 Å². The standard InChI is InChI=1S/C11H15N5O/c1-17-8-4-7(5-8)14-10-11-13-2-3-16(11)6-9(12)15-10/h2-3,6-8H,4-5,12H2,1H3,(H,14,15). The van der Waals surface area contributed by atoms with E-state index in [-0.39, 0.29) is 0 Å². The molecule has 3 rings (SSSR count). The predicted octanol–water partition coefficient (Wildman–Crippen LogP) is 0.901. The van der Waals surface area contributed by atoms with Gasteiger partial charge in [-0.3, -0.25) is 0 Å². The van der Waals surface area contributed by atoms with Crippen LogP contribution in [0.1, 0.15) is 12.8 Å². The maximum Gasteiger partial charge on any atom is 0.180 e. The summed E-state index contributed by atoms with van der Waals surface area (Å²) in [6, 6.07) is 0.398. The highest BCUT2D eigenvalue weighted by atomic mass is 16.5. The largest absolute Gasteiger partial charge is 0.382 e. The summed E-state index contributed by atoms with van der Waals surface area (Å²) in [7, 11) is 1.74. The maximum absolute atomic E-state index is 5.75. The van der Waals surface area contributed by atoms with Crippen molar-refractivity contribution >= 4 is 17.3 Å². The van der Waals surface area contributed by atoms with E-state index >= 15 is 0 Å². The molecule has 2 aromatic rings. The Morgan fingerprint density at radius 3 is 3.12 bits per heavy atom. The summed E-state index contributed by atoms with van der Waals surface area (Å²) >= 11 is 0. The van der Waals surface area contributed by atoms with Gasteiger partial charge in [-0.15, -0.1) is 0 Å². The topological polar surface area (TPSA) is 77.5 Å². The van der Waals surface area contributed by atoms with Crippen LogP contribution in [-0.2, 0) is 4.74 Å². The van der Waals surface area contributed by atoms with Gasteiger partial charge in [0.25, 0.3) is 0 Å². The average molecular weight is 233 g/mol. The van der Waals surface area contributed by atoms with E-state index in [4.69, 9.17) is 10.5 Å². The monoisotopic (exact) mass is 233 g/mol. The lowest BCUT2D eigenvalue weighted by atomic mass is 9.89. The van der Waals surface area contributed by atoms with Gasteiger partial charge in [0.05, 0.1) is 12.3 Å². The van der Waals surface area contributed by atoms with Gasteiger partial charge in [-0.25, -0.2) is 9.97 Å². The molecular formula is C11H15N5O. The second-order valence-corrected chi connectivity index (χ2v) is 4.34. The van der Waals surface area contributed by atoms with Crippen molar-refractivity contribution in [2.24, 2.45) is 0 Å². The van der Waals surface area contributed by atoms with Crippen LogP contribution in [0.25, 0.3) is 5.65 Å². The minimum Gasteiger partial charge on any atom is -0.382 e. The van der Waals surface area contributed by atoms with Gasteiger partial charge in [-0.1, -0.05) is 0 Å². The number of nitrogens with zero attached hydrogens (tertiary/aromatic N) is 3.